The van der Waals surface area contributed by atoms with Gasteiger partial charge in [0, 0.05) is 42.5 Å². The summed E-state index contributed by atoms with van der Waals surface area (Å²) in [5.74, 6) is 0.444. The third-order valence-electron chi connectivity index (χ3n) is 7.17. The van der Waals surface area contributed by atoms with Crippen molar-refractivity contribution in [2.75, 3.05) is 23.0 Å². The Morgan fingerprint density at radius 1 is 1.00 bits per heavy atom. The number of anilines is 3. The van der Waals surface area contributed by atoms with Gasteiger partial charge >= 0.3 is 6.03 Å². The van der Waals surface area contributed by atoms with Crippen molar-refractivity contribution in [3.05, 3.63) is 77.2 Å². The average Bonchev–Trinajstić information content (AvgIpc) is 3.62. The van der Waals surface area contributed by atoms with Crippen molar-refractivity contribution in [1.29, 1.82) is 0 Å². The van der Waals surface area contributed by atoms with Gasteiger partial charge in [-0.25, -0.2) is 14.8 Å². The van der Waals surface area contributed by atoms with Gasteiger partial charge in [-0.15, -0.1) is 0 Å². The molecule has 0 aliphatic rings. The van der Waals surface area contributed by atoms with Gasteiger partial charge in [0.25, 0.3) is 5.56 Å². The van der Waals surface area contributed by atoms with Gasteiger partial charge in [0.05, 0.1) is 16.9 Å². The second kappa shape index (κ2) is 10.4. The fraction of sp³-hybridized carbons (Fsp3) is 0.226. The number of oxazole rings is 1. The zero-order chi connectivity index (χ0) is 30.5. The minimum absolute atomic E-state index is 0.211. The molecule has 2 amide bonds. The highest BCUT2D eigenvalue weighted by atomic mass is 16.3. The second-order valence-corrected chi connectivity index (χ2v) is 11.2. The third kappa shape index (κ3) is 5.18. The molecule has 218 valence electrons. The number of benzene rings is 2. The molecular formula is C31H31N9O3. The molecule has 43 heavy (non-hydrogen) atoms. The summed E-state index contributed by atoms with van der Waals surface area (Å²) in [5, 5.41) is 14.3. The standard InChI is InChI=1S/C31H31N9O3/c1-17-21-14-22(28(41)39(6)27(21)37-29(32-5)34-17)18-8-7-9-20(12-18)35-30(42)36-24-15-40(31(2,3)4)38-26(24)19-10-11-25-23(13-19)33-16-43-25/h7-16H,1-6H3,(H,32,34,37)(H2,35,36,42). The molecule has 0 fully saturated rings. The van der Waals surface area contributed by atoms with E-state index < -0.39 is 6.03 Å². The molecule has 6 rings (SSSR count). The summed E-state index contributed by atoms with van der Waals surface area (Å²) in [6.07, 6.45) is 3.20. The first-order valence-electron chi connectivity index (χ1n) is 13.7. The summed E-state index contributed by atoms with van der Waals surface area (Å²) >= 11 is 0. The lowest BCUT2D eigenvalue weighted by Gasteiger charge is -2.18. The van der Waals surface area contributed by atoms with Crippen LogP contribution in [0.25, 0.3) is 44.5 Å². The van der Waals surface area contributed by atoms with Crippen LogP contribution < -0.4 is 21.5 Å². The number of carbonyl (C=O) groups is 1. The number of nitrogens with one attached hydrogen (secondary N) is 3. The van der Waals surface area contributed by atoms with Gasteiger partial charge in [0.1, 0.15) is 16.9 Å². The van der Waals surface area contributed by atoms with Crippen LogP contribution in [0.4, 0.5) is 22.1 Å². The Hall–Kier alpha value is -5.52. The van der Waals surface area contributed by atoms with Crippen LogP contribution >= 0.6 is 0 Å². The Balaban J connectivity index is 1.30. The van der Waals surface area contributed by atoms with Gasteiger partial charge in [-0.05, 0) is 69.7 Å². The summed E-state index contributed by atoms with van der Waals surface area (Å²) in [4.78, 5) is 39.8. The summed E-state index contributed by atoms with van der Waals surface area (Å²) < 4.78 is 8.70. The minimum atomic E-state index is -0.454. The largest absolute Gasteiger partial charge is 0.443 e. The zero-order valence-electron chi connectivity index (χ0n) is 24.7. The lowest BCUT2D eigenvalue weighted by molar-refractivity contribution is 0.262. The fourth-order valence-corrected chi connectivity index (χ4v) is 4.87. The number of rotatable bonds is 5. The monoisotopic (exact) mass is 577 g/mol. The van der Waals surface area contributed by atoms with E-state index in [-0.39, 0.29) is 11.1 Å². The SMILES string of the molecule is CNc1nc(C)c2cc(-c3cccc(NC(=O)Nc4cn(C(C)(C)C)nc4-c4ccc5ocnc5c4)c3)c(=O)n(C)c2n1. The van der Waals surface area contributed by atoms with E-state index in [4.69, 9.17) is 9.52 Å². The van der Waals surface area contributed by atoms with Gasteiger partial charge < -0.3 is 20.4 Å². The Morgan fingerprint density at radius 2 is 1.81 bits per heavy atom. The Kier molecular flexibility index (Phi) is 6.68. The van der Waals surface area contributed by atoms with Gasteiger partial charge in [-0.3, -0.25) is 14.0 Å². The van der Waals surface area contributed by atoms with E-state index in [1.807, 2.05) is 56.6 Å². The topological polar surface area (TPSA) is 145 Å². The third-order valence-corrected chi connectivity index (χ3v) is 7.17. The lowest BCUT2D eigenvalue weighted by atomic mass is 10.0. The summed E-state index contributed by atoms with van der Waals surface area (Å²) in [7, 11) is 3.42. The first-order valence-corrected chi connectivity index (χ1v) is 13.7. The molecule has 12 nitrogen and oxygen atoms in total. The van der Waals surface area contributed by atoms with Crippen LogP contribution in [0, 0.1) is 6.92 Å². The molecule has 4 aromatic heterocycles. The molecule has 0 radical (unpaired) electrons. The predicted molar refractivity (Wildman–Crippen MR) is 167 cm³/mol. The Bertz CT molecular complexity index is 2080. The minimum Gasteiger partial charge on any atom is -0.443 e. The smallest absolute Gasteiger partial charge is 0.323 e. The molecular weight excluding hydrogens is 546 g/mol. The van der Waals surface area contributed by atoms with Crippen LogP contribution in [0.3, 0.4) is 0 Å². The predicted octanol–water partition coefficient (Wildman–Crippen LogP) is 5.75. The Morgan fingerprint density at radius 3 is 2.58 bits per heavy atom. The van der Waals surface area contributed by atoms with E-state index >= 15 is 0 Å². The molecule has 0 aliphatic carbocycles. The number of hydrogen-bond acceptors (Lipinski definition) is 8. The first kappa shape index (κ1) is 27.6. The van der Waals surface area contributed by atoms with E-state index in [2.05, 4.69) is 30.9 Å². The molecule has 0 unspecified atom stereocenters. The molecule has 0 saturated carbocycles. The maximum absolute atomic E-state index is 13.4. The Labute approximate surface area is 246 Å². The highest BCUT2D eigenvalue weighted by Crippen LogP contribution is 2.31. The van der Waals surface area contributed by atoms with E-state index in [1.165, 1.54) is 11.0 Å². The van der Waals surface area contributed by atoms with Crippen molar-refractivity contribution in [2.24, 2.45) is 7.05 Å². The lowest BCUT2D eigenvalue weighted by Crippen LogP contribution is -2.22. The molecule has 4 heterocycles. The molecule has 2 aromatic carbocycles. The van der Waals surface area contributed by atoms with E-state index in [0.29, 0.717) is 50.9 Å². The van der Waals surface area contributed by atoms with Crippen LogP contribution in [0.2, 0.25) is 0 Å². The van der Waals surface area contributed by atoms with Crippen LogP contribution in [0.15, 0.2) is 70.3 Å². The highest BCUT2D eigenvalue weighted by molar-refractivity contribution is 6.02. The second-order valence-electron chi connectivity index (χ2n) is 11.2. The van der Waals surface area contributed by atoms with Gasteiger partial charge in [-0.1, -0.05) is 12.1 Å². The molecule has 0 spiro atoms. The summed E-state index contributed by atoms with van der Waals surface area (Å²) in [5.41, 5.74) is 5.67. The normalized spacial score (nSPS) is 11.7. The molecule has 6 aromatic rings. The van der Waals surface area contributed by atoms with Gasteiger partial charge in [0.2, 0.25) is 5.95 Å². The van der Waals surface area contributed by atoms with Crippen molar-refractivity contribution in [1.82, 2.24) is 29.3 Å². The molecule has 0 bridgehead atoms. The number of pyridine rings is 1. The molecule has 0 aliphatic heterocycles. The number of nitrogens with zero attached hydrogens (tertiary/aromatic N) is 6. The highest BCUT2D eigenvalue weighted by Gasteiger charge is 2.21. The van der Waals surface area contributed by atoms with E-state index in [0.717, 1.165) is 16.6 Å². The first-order chi connectivity index (χ1) is 20.5. The van der Waals surface area contributed by atoms with Crippen LogP contribution in [-0.2, 0) is 12.6 Å². The van der Waals surface area contributed by atoms with E-state index in [1.54, 1.807) is 44.6 Å². The van der Waals surface area contributed by atoms with Crippen molar-refractivity contribution in [2.45, 2.75) is 33.2 Å². The maximum atomic E-state index is 13.4. The van der Waals surface area contributed by atoms with Crippen LogP contribution in [0.1, 0.15) is 26.5 Å². The fourth-order valence-electron chi connectivity index (χ4n) is 4.87. The van der Waals surface area contributed by atoms with Crippen molar-refractivity contribution >= 4 is 45.5 Å². The maximum Gasteiger partial charge on any atom is 0.323 e. The van der Waals surface area contributed by atoms with Crippen molar-refractivity contribution in [3.8, 4) is 22.4 Å². The molecule has 3 N–H and O–H groups in total. The average molecular weight is 578 g/mol. The molecule has 0 atom stereocenters. The zero-order valence-corrected chi connectivity index (χ0v) is 24.7. The number of fused-ring (bicyclic) bond motifs is 2. The quantitative estimate of drug-likeness (QED) is 0.235. The summed E-state index contributed by atoms with van der Waals surface area (Å²) in [6.45, 7) is 7.97. The molecule has 0 saturated heterocycles. The number of amides is 2. The van der Waals surface area contributed by atoms with Crippen LogP contribution in [0.5, 0.6) is 0 Å². The summed E-state index contributed by atoms with van der Waals surface area (Å²) in [6, 6.07) is 14.1. The number of urea groups is 1. The van der Waals surface area contributed by atoms with Gasteiger partial charge in [-0.2, -0.15) is 10.1 Å². The van der Waals surface area contributed by atoms with Crippen molar-refractivity contribution in [3.63, 3.8) is 0 Å². The number of aryl methyl sites for hydroxylation is 2. The number of aromatic nitrogens is 6. The number of carbonyl (C=O) groups excluding carboxylic acids is 1. The van der Waals surface area contributed by atoms with Gasteiger partial charge in [0.15, 0.2) is 12.0 Å². The number of hydrogen-bond donors (Lipinski definition) is 3. The van der Waals surface area contributed by atoms with Crippen LogP contribution in [-0.4, -0.2) is 42.4 Å². The molecule has 12 heteroatoms. The van der Waals surface area contributed by atoms with E-state index in [9.17, 15) is 9.59 Å². The van der Waals surface area contributed by atoms with Crippen molar-refractivity contribution < 1.29 is 9.21 Å².